The smallest absolute Gasteiger partial charge is 0.160 e. The van der Waals surface area contributed by atoms with Gasteiger partial charge in [0.05, 0.1) is 0 Å². The summed E-state index contributed by atoms with van der Waals surface area (Å²) in [6.45, 7) is 13.8. The second-order valence-electron chi connectivity index (χ2n) is 12.9. The van der Waals surface area contributed by atoms with Crippen LogP contribution in [0.25, 0.3) is 0 Å². The summed E-state index contributed by atoms with van der Waals surface area (Å²) in [4.78, 5) is 18.6. The molecular formula is C36H75O2PS2Zn3. The second-order valence-corrected chi connectivity index (χ2v) is 21.0. The molecule has 44 heavy (non-hydrogen) atoms. The Kier molecular flexibility index (Phi) is 55.8. The van der Waals surface area contributed by atoms with Crippen molar-refractivity contribution in [2.75, 3.05) is 0 Å². The van der Waals surface area contributed by atoms with Gasteiger partial charge in [0, 0.05) is 0 Å². The van der Waals surface area contributed by atoms with E-state index in [1.165, 1.54) is 224 Å². The summed E-state index contributed by atoms with van der Waals surface area (Å²) in [6, 6.07) is 0. The molecule has 0 fully saturated rings. The Hall–Kier alpha value is 2.79. The number of hydrogen-bond donors (Lipinski definition) is 0. The maximum atomic E-state index is 9.29. The average molecular weight is 831 g/mol. The van der Waals surface area contributed by atoms with Crippen molar-refractivity contribution in [3.8, 4) is 0 Å². The fourth-order valence-electron chi connectivity index (χ4n) is 5.36. The van der Waals surface area contributed by atoms with Crippen molar-refractivity contribution in [1.29, 1.82) is 0 Å². The Labute approximate surface area is 320 Å². The van der Waals surface area contributed by atoms with Gasteiger partial charge in [0.25, 0.3) is 0 Å². The predicted octanol–water partition coefficient (Wildman–Crippen LogP) is 12.7. The van der Waals surface area contributed by atoms with E-state index in [4.69, 9.17) is 0 Å². The zero-order chi connectivity index (χ0) is 34.3. The minimum Gasteiger partial charge on any atom is -0.850 e. The van der Waals surface area contributed by atoms with Crippen LogP contribution in [0, 0.1) is 17.8 Å². The van der Waals surface area contributed by atoms with Gasteiger partial charge in [0.2, 0.25) is 0 Å². The van der Waals surface area contributed by atoms with Gasteiger partial charge in [-0.05, 0) is 0 Å². The van der Waals surface area contributed by atoms with Gasteiger partial charge in [-0.25, -0.2) is 0 Å². The number of rotatable bonds is 27. The summed E-state index contributed by atoms with van der Waals surface area (Å²) < 4.78 is 0. The van der Waals surface area contributed by atoms with E-state index in [-0.39, 0.29) is 0 Å². The molecule has 0 saturated heterocycles. The molecule has 3 atom stereocenters. The van der Waals surface area contributed by atoms with Gasteiger partial charge in [0.1, 0.15) is 0 Å². The van der Waals surface area contributed by atoms with Crippen molar-refractivity contribution < 1.29 is 64.7 Å². The summed E-state index contributed by atoms with van der Waals surface area (Å²) in [5, 5.41) is 4.56. The molecule has 0 aromatic heterocycles. The molecule has 0 rings (SSSR count). The molecule has 0 saturated carbocycles. The van der Waals surface area contributed by atoms with Crippen molar-refractivity contribution in [3.05, 3.63) is 0 Å². The van der Waals surface area contributed by atoms with Gasteiger partial charge in [-0.2, -0.15) is 11.8 Å². The standard InChI is InChI=1S/3C12H25.H3O2PS2.3Zn/c3*1-4-6-8-9-11-12(3)10-7-5-2;1-3(2,4)5;;;/h3*12H,3-11H2,1-2H3;(H3,1,2,4,5);;;/q;;;;3*+1/p-3. The van der Waals surface area contributed by atoms with Gasteiger partial charge in [-0.15, -0.1) is 0 Å². The van der Waals surface area contributed by atoms with Crippen LogP contribution in [0.2, 0.25) is 15.0 Å². The van der Waals surface area contributed by atoms with Crippen LogP contribution < -0.4 is 9.79 Å². The van der Waals surface area contributed by atoms with Crippen LogP contribution in [0.3, 0.4) is 0 Å². The molecule has 2 nitrogen and oxygen atoms in total. The fraction of sp³-hybridized carbons (Fsp3) is 1.00. The third-order valence-electron chi connectivity index (χ3n) is 8.52. The van der Waals surface area contributed by atoms with Crippen LogP contribution in [0.1, 0.15) is 196 Å². The molecule has 0 heterocycles. The van der Waals surface area contributed by atoms with Crippen molar-refractivity contribution in [2.45, 2.75) is 211 Å². The van der Waals surface area contributed by atoms with E-state index in [9.17, 15) is 9.79 Å². The molecule has 0 aromatic rings. The van der Waals surface area contributed by atoms with Gasteiger partial charge in [-0.1, -0.05) is 0 Å². The fourth-order valence-corrected chi connectivity index (χ4v) is 8.99. The van der Waals surface area contributed by atoms with Gasteiger partial charge in [0.15, 0.2) is 0 Å². The Balaban J connectivity index is -0.000000253. The molecule has 0 N–H and O–H groups in total. The molecular weight excluding hydrogens is 756 g/mol. The largest absolute Gasteiger partial charge is 0.850 e. The number of hydrogen-bond acceptors (Lipinski definition) is 4. The van der Waals surface area contributed by atoms with Crippen LogP contribution in [0.15, 0.2) is 0 Å². The summed E-state index contributed by atoms with van der Waals surface area (Å²) in [5.74, 6) is 3.24. The third kappa shape index (κ3) is 57.1. The molecule has 8 heteroatoms. The maximum absolute atomic E-state index is 9.29. The van der Waals surface area contributed by atoms with Crippen molar-refractivity contribution in [1.82, 2.24) is 0 Å². The Morgan fingerprint density at radius 1 is 0.432 bits per heavy atom. The first-order chi connectivity index (χ1) is 21.0. The monoisotopic (exact) mass is 826 g/mol. The van der Waals surface area contributed by atoms with Gasteiger partial charge >= 0.3 is 283 Å². The molecule has 0 spiro atoms. The van der Waals surface area contributed by atoms with E-state index in [1.807, 2.05) is 0 Å². The molecule has 0 aliphatic carbocycles. The van der Waals surface area contributed by atoms with E-state index in [0.717, 1.165) is 17.8 Å². The Morgan fingerprint density at radius 2 is 0.614 bits per heavy atom. The molecule has 0 radical (unpaired) electrons. The quantitative estimate of drug-likeness (QED) is 0.0358. The summed E-state index contributed by atoms with van der Waals surface area (Å²) in [6.07, 6.45) is 34.9. The molecule has 254 valence electrons. The van der Waals surface area contributed by atoms with Gasteiger partial charge < -0.3 is 27.7 Å². The Bertz CT molecular complexity index is 476. The van der Waals surface area contributed by atoms with Crippen molar-refractivity contribution in [3.63, 3.8) is 0 Å². The van der Waals surface area contributed by atoms with E-state index in [1.54, 1.807) is 0 Å². The first-order valence-corrected chi connectivity index (χ1v) is 29.1. The maximum Gasteiger partial charge on any atom is -0.160 e. The Morgan fingerprint density at radius 3 is 0.773 bits per heavy atom. The van der Waals surface area contributed by atoms with Crippen molar-refractivity contribution in [2.24, 2.45) is 17.8 Å². The zero-order valence-corrected chi connectivity index (χ0v) is 42.5. The third-order valence-corrected chi connectivity index (χ3v) is 13.7. The van der Waals surface area contributed by atoms with Crippen LogP contribution in [0.4, 0.5) is 0 Å². The van der Waals surface area contributed by atoms with Crippen LogP contribution in [-0.4, -0.2) is 0 Å². The number of unbranched alkanes of at least 4 members (excludes halogenated alkanes) is 12. The van der Waals surface area contributed by atoms with E-state index < -0.39 is 5.69 Å². The molecule has 0 aliphatic rings. The summed E-state index contributed by atoms with van der Waals surface area (Å²) in [5.41, 5.74) is -3.72. The molecule has 0 amide bonds. The first-order valence-electron chi connectivity index (χ1n) is 19.1. The van der Waals surface area contributed by atoms with Gasteiger partial charge in [-0.3, -0.25) is 0 Å². The zero-order valence-electron chi connectivity index (χ0n) is 31.0. The predicted molar refractivity (Wildman–Crippen MR) is 191 cm³/mol. The normalized spacial score (nSPS) is 13.1. The van der Waals surface area contributed by atoms with E-state index in [0.29, 0.717) is 0 Å². The first kappa shape index (κ1) is 53.6. The topological polar surface area (TPSA) is 46.1 Å². The minimum atomic E-state index is -3.72. The molecule has 3 unspecified atom stereocenters. The molecule has 0 bridgehead atoms. The van der Waals surface area contributed by atoms with Crippen molar-refractivity contribution >= 4 is 29.7 Å². The summed E-state index contributed by atoms with van der Waals surface area (Å²) >= 11 is 11.8. The van der Waals surface area contributed by atoms with Crippen LogP contribution >= 0.6 is 5.69 Å². The van der Waals surface area contributed by atoms with E-state index in [2.05, 4.69) is 65.6 Å². The second kappa shape index (κ2) is 45.8. The average Bonchev–Trinajstić information content (AvgIpc) is 3.00. The van der Waals surface area contributed by atoms with E-state index >= 15 is 0 Å². The van der Waals surface area contributed by atoms with Crippen LogP contribution in [-0.2, 0) is 79.0 Å². The summed E-state index contributed by atoms with van der Waals surface area (Å²) in [7, 11) is 0. The minimum absolute atomic E-state index is 1.08. The SMILES string of the molecule is CCCCCCC([CH2][Zn+])CCCC.CCCCCCC([CH2][Zn+])CCCC.CCCCCCC([CH2][Zn+])CCCC.[O-]P([O-])(=S)[S-]. The molecule has 0 aliphatic heterocycles. The van der Waals surface area contributed by atoms with Crippen LogP contribution in [0.5, 0.6) is 0 Å². The molecule has 0 aromatic carbocycles.